The van der Waals surface area contributed by atoms with Crippen LogP contribution in [0.4, 0.5) is 0 Å². The Morgan fingerprint density at radius 3 is 2.59 bits per heavy atom. The van der Waals surface area contributed by atoms with Crippen molar-refractivity contribution in [3.05, 3.63) is 23.3 Å². The van der Waals surface area contributed by atoms with E-state index in [0.29, 0.717) is 18.0 Å². The Morgan fingerprint density at radius 1 is 1.18 bits per heavy atom. The lowest BCUT2D eigenvalue weighted by atomic mass is 9.88. The molecule has 1 aromatic carbocycles. The highest BCUT2D eigenvalue weighted by molar-refractivity contribution is 5.87. The number of fused-ring (bicyclic) bond motifs is 2. The van der Waals surface area contributed by atoms with E-state index in [2.05, 4.69) is 0 Å². The average Bonchev–Trinajstić information content (AvgIpc) is 2.91. The first kappa shape index (κ1) is 14.8. The van der Waals surface area contributed by atoms with Crippen LogP contribution in [-0.4, -0.2) is 41.6 Å². The molecule has 0 bridgehead atoms. The molecule has 0 spiro atoms. The van der Waals surface area contributed by atoms with Crippen molar-refractivity contribution in [3.63, 3.8) is 0 Å². The van der Waals surface area contributed by atoms with Crippen molar-refractivity contribution in [2.24, 2.45) is 0 Å². The number of nitrogens with zero attached hydrogens (tertiary/aromatic N) is 1. The highest BCUT2D eigenvalue weighted by Crippen LogP contribution is 2.38. The molecule has 118 valence electrons. The van der Waals surface area contributed by atoms with Gasteiger partial charge >= 0.3 is 0 Å². The summed E-state index contributed by atoms with van der Waals surface area (Å²) in [4.78, 5) is 26.0. The molecule has 3 rings (SSSR count). The number of amides is 1. The molecule has 6 heteroatoms. The summed E-state index contributed by atoms with van der Waals surface area (Å²) in [7, 11) is 1.69. The second-order valence-corrected chi connectivity index (χ2v) is 5.90. The average molecular weight is 305 g/mol. The van der Waals surface area contributed by atoms with E-state index < -0.39 is 6.10 Å². The lowest BCUT2D eigenvalue weighted by molar-refractivity contribution is -0.133. The number of aliphatic hydroxyl groups excluding tert-OH is 1. The number of hydrogen-bond acceptors (Lipinski definition) is 5. The molecule has 1 N–H and O–H groups in total. The summed E-state index contributed by atoms with van der Waals surface area (Å²) in [6.45, 7) is 2.35. The van der Waals surface area contributed by atoms with Gasteiger partial charge in [-0.3, -0.25) is 9.59 Å². The molecule has 22 heavy (non-hydrogen) atoms. The number of carbonyl (C=O) groups excluding carboxylic acids is 2. The van der Waals surface area contributed by atoms with Crippen LogP contribution in [0.1, 0.15) is 36.8 Å². The van der Waals surface area contributed by atoms with E-state index >= 15 is 0 Å². The monoisotopic (exact) mass is 305 g/mol. The Labute approximate surface area is 128 Å². The number of hydrogen-bond donors (Lipinski definition) is 1. The van der Waals surface area contributed by atoms with Crippen LogP contribution in [0.5, 0.6) is 11.5 Å². The normalized spacial score (nSPS) is 25.1. The summed E-state index contributed by atoms with van der Waals surface area (Å²) in [5.74, 6) is 0.630. The fourth-order valence-electron chi connectivity index (χ4n) is 2.90. The van der Waals surface area contributed by atoms with E-state index in [1.165, 1.54) is 0 Å². The summed E-state index contributed by atoms with van der Waals surface area (Å²) in [5.41, 5.74) is 1.69. The SMILES string of the molecule is C[C@@H]1C(=O)C[C@@H](O)CC(=O)N(C)Cc2cc3c(cc21)OCO3. The predicted octanol–water partition coefficient (Wildman–Crippen LogP) is 1.20. The minimum absolute atomic E-state index is 0.0192. The van der Waals surface area contributed by atoms with Crippen molar-refractivity contribution in [1.29, 1.82) is 0 Å². The summed E-state index contributed by atoms with van der Waals surface area (Å²) in [6.07, 6.45) is -0.982. The van der Waals surface area contributed by atoms with Crippen molar-refractivity contribution >= 4 is 11.7 Å². The van der Waals surface area contributed by atoms with Crippen molar-refractivity contribution in [2.45, 2.75) is 38.3 Å². The van der Waals surface area contributed by atoms with E-state index in [1.54, 1.807) is 11.9 Å². The van der Waals surface area contributed by atoms with E-state index in [9.17, 15) is 14.7 Å². The zero-order valence-electron chi connectivity index (χ0n) is 12.7. The van der Waals surface area contributed by atoms with Gasteiger partial charge in [0.05, 0.1) is 12.5 Å². The topological polar surface area (TPSA) is 76.1 Å². The molecule has 0 aromatic heterocycles. The molecule has 0 saturated heterocycles. The quantitative estimate of drug-likeness (QED) is 0.779. The maximum atomic E-state index is 12.3. The van der Waals surface area contributed by atoms with E-state index in [-0.39, 0.29) is 37.2 Å². The van der Waals surface area contributed by atoms with Crippen LogP contribution in [0, 0.1) is 0 Å². The van der Waals surface area contributed by atoms with Gasteiger partial charge in [0.1, 0.15) is 5.78 Å². The summed E-state index contributed by atoms with van der Waals surface area (Å²) in [6, 6.07) is 3.65. The first-order chi connectivity index (χ1) is 10.5. The molecule has 0 radical (unpaired) electrons. The number of Topliss-reactive ketones (excluding diaryl/α,β-unsaturated/α-hetero) is 1. The molecule has 2 aliphatic heterocycles. The molecular formula is C16H19NO5. The Balaban J connectivity index is 2.05. The highest BCUT2D eigenvalue weighted by atomic mass is 16.7. The second-order valence-electron chi connectivity index (χ2n) is 5.90. The fraction of sp³-hybridized carbons (Fsp3) is 0.500. The molecule has 0 saturated carbocycles. The zero-order valence-corrected chi connectivity index (χ0v) is 12.7. The molecule has 2 heterocycles. The molecular weight excluding hydrogens is 286 g/mol. The summed E-state index contributed by atoms with van der Waals surface area (Å²) in [5, 5.41) is 9.90. The first-order valence-corrected chi connectivity index (χ1v) is 7.33. The van der Waals surface area contributed by atoms with Crippen molar-refractivity contribution < 1.29 is 24.2 Å². The third kappa shape index (κ3) is 2.66. The van der Waals surface area contributed by atoms with E-state index in [4.69, 9.17) is 9.47 Å². The van der Waals surface area contributed by atoms with Crippen LogP contribution >= 0.6 is 0 Å². The van der Waals surface area contributed by atoms with Gasteiger partial charge in [-0.25, -0.2) is 0 Å². The van der Waals surface area contributed by atoms with Gasteiger partial charge in [-0.05, 0) is 23.3 Å². The number of ketones is 1. The number of ether oxygens (including phenoxy) is 2. The van der Waals surface area contributed by atoms with Gasteiger partial charge in [0.2, 0.25) is 12.7 Å². The van der Waals surface area contributed by atoms with Crippen LogP contribution in [-0.2, 0) is 16.1 Å². The lowest BCUT2D eigenvalue weighted by Gasteiger charge is -2.25. The van der Waals surface area contributed by atoms with Crippen molar-refractivity contribution in [1.82, 2.24) is 4.90 Å². The fourth-order valence-corrected chi connectivity index (χ4v) is 2.90. The molecule has 1 amide bonds. The van der Waals surface area contributed by atoms with Crippen molar-refractivity contribution in [2.75, 3.05) is 13.8 Å². The lowest BCUT2D eigenvalue weighted by Crippen LogP contribution is -2.32. The maximum Gasteiger partial charge on any atom is 0.231 e. The maximum absolute atomic E-state index is 12.3. The third-order valence-corrected chi connectivity index (χ3v) is 4.26. The standard InChI is InChI=1S/C16H19NO5/c1-9-12-6-15-14(21-8-22-15)3-10(12)7-17(2)16(20)5-11(18)4-13(9)19/h3,6,9,11,18H,4-5,7-8H2,1-2H3/t9-,11+/m0/s1. The molecule has 2 aliphatic rings. The second kappa shape index (κ2) is 5.61. The van der Waals surface area contributed by atoms with Gasteiger partial charge in [-0.15, -0.1) is 0 Å². The van der Waals surface area contributed by atoms with Gasteiger partial charge in [-0.1, -0.05) is 6.92 Å². The van der Waals surface area contributed by atoms with Crippen LogP contribution in [0.15, 0.2) is 12.1 Å². The molecule has 0 unspecified atom stereocenters. The molecule has 0 aliphatic carbocycles. The predicted molar refractivity (Wildman–Crippen MR) is 77.7 cm³/mol. The van der Waals surface area contributed by atoms with Crippen molar-refractivity contribution in [3.8, 4) is 11.5 Å². The molecule has 2 atom stereocenters. The first-order valence-electron chi connectivity index (χ1n) is 7.33. The molecule has 1 aromatic rings. The minimum atomic E-state index is -0.930. The van der Waals surface area contributed by atoms with Crippen LogP contribution in [0.2, 0.25) is 0 Å². The molecule has 0 fully saturated rings. The molecule has 6 nitrogen and oxygen atoms in total. The number of rotatable bonds is 0. The van der Waals surface area contributed by atoms with Gasteiger partial charge in [0.15, 0.2) is 11.5 Å². The number of carbonyl (C=O) groups is 2. The van der Waals surface area contributed by atoms with Crippen LogP contribution < -0.4 is 9.47 Å². The third-order valence-electron chi connectivity index (χ3n) is 4.26. The Hall–Kier alpha value is -2.08. The number of benzene rings is 1. The largest absolute Gasteiger partial charge is 0.454 e. The Bertz CT molecular complexity index is 627. The number of aliphatic hydroxyl groups is 1. The minimum Gasteiger partial charge on any atom is -0.454 e. The van der Waals surface area contributed by atoms with E-state index in [1.807, 2.05) is 19.1 Å². The van der Waals surface area contributed by atoms with Gasteiger partial charge < -0.3 is 19.5 Å². The smallest absolute Gasteiger partial charge is 0.231 e. The Morgan fingerprint density at radius 2 is 1.86 bits per heavy atom. The summed E-state index contributed by atoms with van der Waals surface area (Å²) < 4.78 is 10.8. The van der Waals surface area contributed by atoms with Gasteiger partial charge in [-0.2, -0.15) is 0 Å². The Kier molecular flexibility index (Phi) is 3.78. The van der Waals surface area contributed by atoms with E-state index in [0.717, 1.165) is 11.1 Å². The van der Waals surface area contributed by atoms with Gasteiger partial charge in [0, 0.05) is 25.9 Å². The zero-order chi connectivity index (χ0) is 15.9. The van der Waals surface area contributed by atoms with Crippen LogP contribution in [0.3, 0.4) is 0 Å². The summed E-state index contributed by atoms with van der Waals surface area (Å²) >= 11 is 0. The van der Waals surface area contributed by atoms with Gasteiger partial charge in [0.25, 0.3) is 0 Å². The van der Waals surface area contributed by atoms with Crippen LogP contribution in [0.25, 0.3) is 0 Å². The highest BCUT2D eigenvalue weighted by Gasteiger charge is 2.28.